The van der Waals surface area contributed by atoms with Gasteiger partial charge in [0.2, 0.25) is 0 Å². The number of aromatic nitrogens is 3. The monoisotopic (exact) mass is 512 g/mol. The van der Waals surface area contributed by atoms with Crippen LogP contribution in [-0.2, 0) is 18.3 Å². The van der Waals surface area contributed by atoms with Gasteiger partial charge in [0.15, 0.2) is 11.3 Å². The number of alkyl carbamates (subject to hydrolysis) is 1. The van der Waals surface area contributed by atoms with Gasteiger partial charge in [-0.15, -0.1) is 0 Å². The number of carbonyl (C=O) groups excluding carboxylic acids is 1. The van der Waals surface area contributed by atoms with Crippen LogP contribution >= 0.6 is 0 Å². The number of benzene rings is 2. The van der Waals surface area contributed by atoms with Gasteiger partial charge in [-0.2, -0.15) is 0 Å². The van der Waals surface area contributed by atoms with Crippen molar-refractivity contribution in [2.75, 3.05) is 18.0 Å². The molecule has 3 heterocycles. The second kappa shape index (κ2) is 9.86. The Hall–Kier alpha value is -4.32. The SMILES string of the molecule is [C-]#[N+]c1ccccc1Cn1c(=O)n(C)c2nc3ccccc3c(N3CCC[C@@H](NC(=O)OC(C)(C)C)C3)c21. The fourth-order valence-electron chi connectivity index (χ4n) is 5.18. The minimum Gasteiger partial charge on any atom is -0.444 e. The topological polar surface area (TPSA) is 85.8 Å². The fraction of sp³-hybridized carbons (Fsp3) is 0.379. The van der Waals surface area contributed by atoms with Crippen molar-refractivity contribution in [2.45, 2.75) is 51.8 Å². The zero-order chi connectivity index (χ0) is 27.0. The number of amides is 1. The van der Waals surface area contributed by atoms with Gasteiger partial charge in [0, 0.05) is 38.1 Å². The molecule has 0 saturated carbocycles. The third kappa shape index (κ3) is 4.82. The number of anilines is 1. The van der Waals surface area contributed by atoms with E-state index in [-0.39, 0.29) is 18.3 Å². The summed E-state index contributed by atoms with van der Waals surface area (Å²) in [5, 5.41) is 3.97. The molecule has 196 valence electrons. The van der Waals surface area contributed by atoms with Crippen molar-refractivity contribution in [3.63, 3.8) is 0 Å². The highest BCUT2D eigenvalue weighted by Crippen LogP contribution is 2.35. The van der Waals surface area contributed by atoms with Crippen LogP contribution in [0.1, 0.15) is 39.2 Å². The van der Waals surface area contributed by atoms with E-state index in [4.69, 9.17) is 16.3 Å². The minimum atomic E-state index is -0.576. The lowest BCUT2D eigenvalue weighted by Gasteiger charge is -2.36. The standard InChI is InChI=1S/C29H32N6O3/c1-29(2,3)38-27(36)31-20-12-10-16-34(18-20)24-21-13-7-9-15-23(21)32-26-25(24)35(28(37)33(26)5)17-19-11-6-8-14-22(19)30-4/h6-9,11,13-15,20H,10,12,16-18H2,1-3,5H3,(H,31,36)/t20-/m1/s1. The Morgan fingerprint density at radius 3 is 2.68 bits per heavy atom. The lowest BCUT2D eigenvalue weighted by atomic mass is 10.0. The number of hydrogen-bond acceptors (Lipinski definition) is 5. The average molecular weight is 513 g/mol. The van der Waals surface area contributed by atoms with Crippen LogP contribution < -0.4 is 15.9 Å². The van der Waals surface area contributed by atoms with Crippen molar-refractivity contribution in [3.8, 4) is 0 Å². The lowest BCUT2D eigenvalue weighted by molar-refractivity contribution is 0.0500. The summed E-state index contributed by atoms with van der Waals surface area (Å²) in [6, 6.07) is 15.1. The lowest BCUT2D eigenvalue weighted by Crippen LogP contribution is -2.49. The summed E-state index contributed by atoms with van der Waals surface area (Å²) in [7, 11) is 1.73. The molecule has 1 amide bonds. The summed E-state index contributed by atoms with van der Waals surface area (Å²) in [6.07, 6.45) is 1.28. The number of fused-ring (bicyclic) bond motifs is 2. The van der Waals surface area contributed by atoms with E-state index in [0.29, 0.717) is 17.9 Å². The molecular weight excluding hydrogens is 480 g/mol. The van der Waals surface area contributed by atoms with E-state index in [2.05, 4.69) is 15.1 Å². The number of aryl methyl sites for hydroxylation is 1. The van der Waals surface area contributed by atoms with Crippen LogP contribution in [0.5, 0.6) is 0 Å². The molecule has 4 aromatic rings. The first-order valence-electron chi connectivity index (χ1n) is 12.8. The van der Waals surface area contributed by atoms with Crippen LogP contribution in [0.25, 0.3) is 26.9 Å². The van der Waals surface area contributed by atoms with E-state index in [1.165, 1.54) is 0 Å². The fourth-order valence-corrected chi connectivity index (χ4v) is 5.18. The summed E-state index contributed by atoms with van der Waals surface area (Å²) < 4.78 is 8.79. The largest absolute Gasteiger partial charge is 0.444 e. The van der Waals surface area contributed by atoms with Crippen molar-refractivity contribution in [3.05, 3.63) is 76.0 Å². The van der Waals surface area contributed by atoms with Gasteiger partial charge in [-0.05, 0) is 45.2 Å². The number of nitrogens with one attached hydrogen (secondary N) is 1. The number of hydrogen-bond donors (Lipinski definition) is 1. The Balaban J connectivity index is 1.63. The highest BCUT2D eigenvalue weighted by Gasteiger charge is 2.29. The molecule has 1 aliphatic rings. The second-order valence-corrected chi connectivity index (χ2v) is 10.7. The minimum absolute atomic E-state index is 0.104. The number of para-hydroxylation sites is 2. The molecule has 1 aliphatic heterocycles. The van der Waals surface area contributed by atoms with Gasteiger partial charge in [0.25, 0.3) is 0 Å². The first kappa shape index (κ1) is 25.3. The van der Waals surface area contributed by atoms with E-state index in [0.717, 1.165) is 47.1 Å². The zero-order valence-corrected chi connectivity index (χ0v) is 22.2. The van der Waals surface area contributed by atoms with Crippen molar-refractivity contribution in [2.24, 2.45) is 7.05 Å². The number of nitrogens with zero attached hydrogens (tertiary/aromatic N) is 5. The quantitative estimate of drug-likeness (QED) is 0.390. The molecule has 38 heavy (non-hydrogen) atoms. The first-order valence-corrected chi connectivity index (χ1v) is 12.8. The molecule has 0 aliphatic carbocycles. The van der Waals surface area contributed by atoms with E-state index in [1.807, 2.05) is 63.2 Å². The normalized spacial score (nSPS) is 16.0. The molecule has 0 radical (unpaired) electrons. The molecule has 0 bridgehead atoms. The van der Waals surface area contributed by atoms with Crippen LogP contribution in [0.2, 0.25) is 0 Å². The highest BCUT2D eigenvalue weighted by atomic mass is 16.6. The number of piperidine rings is 1. The van der Waals surface area contributed by atoms with Crippen molar-refractivity contribution in [1.82, 2.24) is 19.4 Å². The van der Waals surface area contributed by atoms with Gasteiger partial charge in [-0.1, -0.05) is 42.5 Å². The summed E-state index contributed by atoms with van der Waals surface area (Å²) in [6.45, 7) is 14.7. The van der Waals surface area contributed by atoms with Gasteiger partial charge in [-0.3, -0.25) is 9.13 Å². The Labute approximate surface area is 221 Å². The van der Waals surface area contributed by atoms with Gasteiger partial charge in [-0.25, -0.2) is 19.4 Å². The van der Waals surface area contributed by atoms with E-state index >= 15 is 0 Å². The van der Waals surface area contributed by atoms with Crippen LogP contribution in [0.3, 0.4) is 0 Å². The molecule has 1 fully saturated rings. The Kier molecular flexibility index (Phi) is 6.57. The zero-order valence-electron chi connectivity index (χ0n) is 22.2. The van der Waals surface area contributed by atoms with E-state index in [1.54, 1.807) is 22.2 Å². The third-order valence-electron chi connectivity index (χ3n) is 6.83. The number of ether oxygens (including phenoxy) is 1. The highest BCUT2D eigenvalue weighted by molar-refractivity contribution is 6.05. The maximum absolute atomic E-state index is 13.6. The predicted octanol–water partition coefficient (Wildman–Crippen LogP) is 4.98. The van der Waals surface area contributed by atoms with Crippen LogP contribution in [-0.4, -0.2) is 44.9 Å². The molecule has 2 aromatic heterocycles. The number of carbonyl (C=O) groups is 1. The molecule has 0 spiro atoms. The number of imidazole rings is 1. The van der Waals surface area contributed by atoms with Crippen LogP contribution in [0.15, 0.2) is 53.3 Å². The molecular formula is C29H32N6O3. The molecule has 1 atom stereocenters. The Bertz CT molecular complexity index is 1620. The smallest absolute Gasteiger partial charge is 0.407 e. The molecule has 1 saturated heterocycles. The Morgan fingerprint density at radius 2 is 1.92 bits per heavy atom. The van der Waals surface area contributed by atoms with Crippen molar-refractivity contribution >= 4 is 39.5 Å². The van der Waals surface area contributed by atoms with Crippen molar-refractivity contribution in [1.29, 1.82) is 0 Å². The number of pyridine rings is 1. The summed E-state index contributed by atoms with van der Waals surface area (Å²) in [5.41, 5.74) is 3.56. The molecule has 9 heteroatoms. The van der Waals surface area contributed by atoms with Crippen LogP contribution in [0.4, 0.5) is 16.2 Å². The first-order chi connectivity index (χ1) is 18.2. The van der Waals surface area contributed by atoms with Gasteiger partial charge >= 0.3 is 11.8 Å². The Morgan fingerprint density at radius 1 is 1.18 bits per heavy atom. The summed E-state index contributed by atoms with van der Waals surface area (Å²) in [5.74, 6) is 0. The average Bonchev–Trinajstić information content (AvgIpc) is 3.11. The molecule has 0 unspecified atom stereocenters. The molecule has 5 rings (SSSR count). The van der Waals surface area contributed by atoms with Gasteiger partial charge in [0.05, 0.1) is 17.8 Å². The summed E-state index contributed by atoms with van der Waals surface area (Å²) >= 11 is 0. The van der Waals surface area contributed by atoms with Crippen molar-refractivity contribution < 1.29 is 9.53 Å². The van der Waals surface area contributed by atoms with Gasteiger partial charge in [0.1, 0.15) is 11.1 Å². The van der Waals surface area contributed by atoms with Crippen LogP contribution in [0, 0.1) is 6.57 Å². The van der Waals surface area contributed by atoms with E-state index in [9.17, 15) is 9.59 Å². The summed E-state index contributed by atoms with van der Waals surface area (Å²) in [4.78, 5) is 36.9. The number of rotatable bonds is 4. The molecule has 1 N–H and O–H groups in total. The molecule has 9 nitrogen and oxygen atoms in total. The maximum atomic E-state index is 13.6. The van der Waals surface area contributed by atoms with E-state index < -0.39 is 11.7 Å². The maximum Gasteiger partial charge on any atom is 0.407 e. The molecule has 2 aromatic carbocycles. The second-order valence-electron chi connectivity index (χ2n) is 10.7. The third-order valence-corrected chi connectivity index (χ3v) is 6.83. The predicted molar refractivity (Wildman–Crippen MR) is 149 cm³/mol. The van der Waals surface area contributed by atoms with Gasteiger partial charge < -0.3 is 15.0 Å².